The van der Waals surface area contributed by atoms with Crippen molar-refractivity contribution in [1.82, 2.24) is 10.1 Å². The minimum absolute atomic E-state index is 0.139. The van der Waals surface area contributed by atoms with Gasteiger partial charge in [-0.2, -0.15) is 23.4 Å². The minimum atomic E-state index is -4.84. The molecule has 0 unspecified atom stereocenters. The molecule has 0 saturated heterocycles. The zero-order valence-corrected chi connectivity index (χ0v) is 12.6. The van der Waals surface area contributed by atoms with Gasteiger partial charge in [0.05, 0.1) is 22.1 Å². The van der Waals surface area contributed by atoms with Gasteiger partial charge in [0.2, 0.25) is 5.89 Å². The zero-order chi connectivity index (χ0) is 17.3. The molecule has 0 aliphatic rings. The van der Waals surface area contributed by atoms with Gasteiger partial charge < -0.3 is 4.52 Å². The quantitative estimate of drug-likeness (QED) is 0.844. The van der Waals surface area contributed by atoms with Crippen LogP contribution in [-0.4, -0.2) is 18.6 Å². The molecule has 0 aliphatic carbocycles. The largest absolute Gasteiger partial charge is 0.417 e. The van der Waals surface area contributed by atoms with E-state index in [2.05, 4.69) is 10.1 Å². The first-order valence-electron chi connectivity index (χ1n) is 6.33. The first-order valence-corrected chi connectivity index (χ1v) is 7.98. The maximum absolute atomic E-state index is 12.9. The summed E-state index contributed by atoms with van der Waals surface area (Å²) in [6.07, 6.45) is -4.43. The van der Waals surface area contributed by atoms with Crippen molar-refractivity contribution in [1.29, 1.82) is 5.26 Å². The van der Waals surface area contributed by atoms with E-state index in [0.29, 0.717) is 12.5 Å². The first-order chi connectivity index (χ1) is 10.7. The lowest BCUT2D eigenvalue weighted by Crippen LogP contribution is -2.12. The summed E-state index contributed by atoms with van der Waals surface area (Å²) in [5, 5.41) is 12.2. The van der Waals surface area contributed by atoms with Crippen molar-refractivity contribution < 1.29 is 26.1 Å². The third kappa shape index (κ3) is 3.68. The smallest absolute Gasteiger partial charge is 0.339 e. The van der Waals surface area contributed by atoms with E-state index in [9.17, 15) is 21.6 Å². The summed E-state index contributed by atoms with van der Waals surface area (Å²) >= 11 is 0. The van der Waals surface area contributed by atoms with Crippen molar-refractivity contribution in [2.45, 2.75) is 30.2 Å². The fourth-order valence-electron chi connectivity index (χ4n) is 1.79. The lowest BCUT2D eigenvalue weighted by atomic mass is 10.1. The molecule has 0 fully saturated rings. The molecule has 1 heterocycles. The molecule has 0 amide bonds. The molecule has 0 N–H and O–H groups in total. The number of nitrogens with zero attached hydrogens (tertiary/aromatic N) is 3. The maximum atomic E-state index is 12.9. The number of rotatable bonds is 4. The van der Waals surface area contributed by atoms with Crippen molar-refractivity contribution in [2.24, 2.45) is 0 Å². The highest BCUT2D eigenvalue weighted by Gasteiger charge is 2.35. The number of nitriles is 1. The van der Waals surface area contributed by atoms with Crippen LogP contribution in [0.25, 0.3) is 0 Å². The zero-order valence-electron chi connectivity index (χ0n) is 11.8. The van der Waals surface area contributed by atoms with Crippen LogP contribution in [0.2, 0.25) is 0 Å². The molecule has 0 saturated carbocycles. The molecule has 1 aromatic carbocycles. The minimum Gasteiger partial charge on any atom is -0.339 e. The molecule has 10 heteroatoms. The van der Waals surface area contributed by atoms with Crippen molar-refractivity contribution in [3.05, 3.63) is 41.0 Å². The van der Waals surface area contributed by atoms with Crippen molar-refractivity contribution in [3.63, 3.8) is 0 Å². The van der Waals surface area contributed by atoms with Crippen LogP contribution >= 0.6 is 0 Å². The Labute approximate surface area is 129 Å². The van der Waals surface area contributed by atoms with Gasteiger partial charge in [-0.1, -0.05) is 12.1 Å². The standard InChI is InChI=1S/C13H10F3N3O3S/c1-2-12-18-11(19-22-12)7-23(20,21)9-4-3-8(6-17)10(5-9)13(14,15)16/h3-5H,2,7H2,1H3. The number of alkyl halides is 3. The third-order valence-electron chi connectivity index (χ3n) is 2.91. The second-order valence-electron chi connectivity index (χ2n) is 4.53. The Hall–Kier alpha value is -2.41. The summed E-state index contributed by atoms with van der Waals surface area (Å²) in [4.78, 5) is 3.25. The molecule has 0 radical (unpaired) electrons. The number of sulfone groups is 1. The number of halogens is 3. The molecular formula is C13H10F3N3O3S. The summed E-state index contributed by atoms with van der Waals surface area (Å²) in [6, 6.07) is 3.60. The topological polar surface area (TPSA) is 96.8 Å². The Bertz CT molecular complexity index is 867. The highest BCUT2D eigenvalue weighted by atomic mass is 32.2. The first kappa shape index (κ1) is 17.0. The predicted molar refractivity (Wildman–Crippen MR) is 70.7 cm³/mol. The lowest BCUT2D eigenvalue weighted by molar-refractivity contribution is -0.137. The fourth-order valence-corrected chi connectivity index (χ4v) is 2.99. The molecule has 2 aromatic rings. The molecule has 23 heavy (non-hydrogen) atoms. The van der Waals surface area contributed by atoms with Crippen LogP contribution in [0.1, 0.15) is 29.8 Å². The summed E-state index contributed by atoms with van der Waals surface area (Å²) in [5.74, 6) is -0.606. The van der Waals surface area contributed by atoms with Gasteiger partial charge in [-0.15, -0.1) is 0 Å². The monoisotopic (exact) mass is 345 g/mol. The van der Waals surface area contributed by atoms with Gasteiger partial charge in [0, 0.05) is 6.42 Å². The average molecular weight is 345 g/mol. The molecule has 0 aliphatic heterocycles. The Morgan fingerprint density at radius 3 is 2.57 bits per heavy atom. The summed E-state index contributed by atoms with van der Waals surface area (Å²) in [6.45, 7) is 1.72. The second-order valence-corrected chi connectivity index (χ2v) is 6.52. The van der Waals surface area contributed by atoms with Crippen LogP contribution in [0.3, 0.4) is 0 Å². The van der Waals surface area contributed by atoms with E-state index >= 15 is 0 Å². The molecule has 1 aromatic heterocycles. The van der Waals surface area contributed by atoms with Gasteiger partial charge in [-0.25, -0.2) is 8.42 Å². The summed E-state index contributed by atoms with van der Waals surface area (Å²) < 4.78 is 67.9. The van der Waals surface area contributed by atoms with E-state index in [0.717, 1.165) is 12.1 Å². The number of hydrogen-bond acceptors (Lipinski definition) is 6. The van der Waals surface area contributed by atoms with Gasteiger partial charge in [0.25, 0.3) is 0 Å². The van der Waals surface area contributed by atoms with E-state index in [1.807, 2.05) is 0 Å². The normalized spacial score (nSPS) is 12.1. The highest BCUT2D eigenvalue weighted by Crippen LogP contribution is 2.33. The van der Waals surface area contributed by atoms with Crippen LogP contribution in [-0.2, 0) is 28.2 Å². The van der Waals surface area contributed by atoms with Crippen molar-refractivity contribution in [3.8, 4) is 6.07 Å². The fraction of sp³-hybridized carbons (Fsp3) is 0.308. The van der Waals surface area contributed by atoms with Gasteiger partial charge in [-0.05, 0) is 18.2 Å². The van der Waals surface area contributed by atoms with Gasteiger partial charge in [0.15, 0.2) is 15.7 Å². The number of aromatic nitrogens is 2. The van der Waals surface area contributed by atoms with Crippen LogP contribution in [0, 0.1) is 11.3 Å². The van der Waals surface area contributed by atoms with Crippen molar-refractivity contribution in [2.75, 3.05) is 0 Å². The van der Waals surface area contributed by atoms with E-state index in [-0.39, 0.29) is 11.7 Å². The lowest BCUT2D eigenvalue weighted by Gasteiger charge is -2.10. The predicted octanol–water partition coefficient (Wildman–Crippen LogP) is 2.50. The molecule has 2 rings (SSSR count). The number of hydrogen-bond donors (Lipinski definition) is 0. The van der Waals surface area contributed by atoms with E-state index in [4.69, 9.17) is 9.78 Å². The molecule has 122 valence electrons. The SMILES string of the molecule is CCc1nc(CS(=O)(=O)c2ccc(C#N)c(C(F)(F)F)c2)no1. The van der Waals surface area contributed by atoms with Gasteiger partial charge in [0.1, 0.15) is 5.75 Å². The third-order valence-corrected chi connectivity index (χ3v) is 4.52. The molecule has 0 atom stereocenters. The molecule has 0 bridgehead atoms. The Balaban J connectivity index is 2.42. The highest BCUT2D eigenvalue weighted by molar-refractivity contribution is 7.90. The Morgan fingerprint density at radius 1 is 1.35 bits per heavy atom. The van der Waals surface area contributed by atoms with E-state index in [1.54, 1.807) is 6.92 Å². The van der Waals surface area contributed by atoms with Crippen LogP contribution in [0.5, 0.6) is 0 Å². The van der Waals surface area contributed by atoms with Gasteiger partial charge in [-0.3, -0.25) is 0 Å². The number of benzene rings is 1. The molecule has 0 spiro atoms. The van der Waals surface area contributed by atoms with E-state index in [1.165, 1.54) is 6.07 Å². The second kappa shape index (κ2) is 6.00. The van der Waals surface area contributed by atoms with Crippen LogP contribution < -0.4 is 0 Å². The summed E-state index contributed by atoms with van der Waals surface area (Å²) in [5.41, 5.74) is -1.95. The van der Waals surface area contributed by atoms with Gasteiger partial charge >= 0.3 is 6.18 Å². The van der Waals surface area contributed by atoms with Crippen LogP contribution in [0.4, 0.5) is 13.2 Å². The Kier molecular flexibility index (Phi) is 4.42. The van der Waals surface area contributed by atoms with E-state index < -0.39 is 37.8 Å². The molecule has 6 nitrogen and oxygen atoms in total. The van der Waals surface area contributed by atoms with Crippen LogP contribution in [0.15, 0.2) is 27.6 Å². The average Bonchev–Trinajstić information content (AvgIpc) is 2.92. The maximum Gasteiger partial charge on any atom is 0.417 e. The molecular weight excluding hydrogens is 335 g/mol. The summed E-state index contributed by atoms with van der Waals surface area (Å²) in [7, 11) is -4.11. The Morgan fingerprint density at radius 2 is 2.04 bits per heavy atom. The van der Waals surface area contributed by atoms with Crippen molar-refractivity contribution >= 4 is 9.84 Å². The number of aryl methyl sites for hydroxylation is 1.